The van der Waals surface area contributed by atoms with Crippen LogP contribution in [0.2, 0.25) is 0 Å². The molecule has 0 amide bonds. The molecule has 1 saturated carbocycles. The van der Waals surface area contributed by atoms with Gasteiger partial charge in [-0.05, 0) is 36.6 Å². The van der Waals surface area contributed by atoms with E-state index < -0.39 is 9.84 Å². The number of para-hydroxylation sites is 1. The summed E-state index contributed by atoms with van der Waals surface area (Å²) in [6, 6.07) is 10.7. The first-order valence-corrected chi connectivity index (χ1v) is 14.0. The first kappa shape index (κ1) is 25.3. The third-order valence-electron chi connectivity index (χ3n) is 5.96. The van der Waals surface area contributed by atoms with Gasteiger partial charge in [0.15, 0.2) is 27.2 Å². The number of pyridine rings is 2. The van der Waals surface area contributed by atoms with Gasteiger partial charge < -0.3 is 15.4 Å². The van der Waals surface area contributed by atoms with Crippen molar-refractivity contribution >= 4 is 38.6 Å². The van der Waals surface area contributed by atoms with Crippen LogP contribution in [0.5, 0.6) is 5.75 Å². The van der Waals surface area contributed by atoms with Gasteiger partial charge in [-0.1, -0.05) is 12.1 Å². The average molecular weight is 534 g/mol. The van der Waals surface area contributed by atoms with Gasteiger partial charge in [-0.25, -0.2) is 23.4 Å². The molecular formula is C26H27N7O4S. The number of ether oxygens (including phenoxy) is 1. The zero-order valence-electron chi connectivity index (χ0n) is 21.2. The quantitative estimate of drug-likeness (QED) is 0.288. The number of hydrogen-bond acceptors (Lipinski definition) is 10. The van der Waals surface area contributed by atoms with E-state index in [4.69, 9.17) is 4.74 Å². The topological polar surface area (TPSA) is 141 Å². The Bertz CT molecular complexity index is 1600. The van der Waals surface area contributed by atoms with Gasteiger partial charge in [0.05, 0.1) is 35.4 Å². The molecule has 38 heavy (non-hydrogen) atoms. The third-order valence-corrected chi connectivity index (χ3v) is 6.81. The summed E-state index contributed by atoms with van der Waals surface area (Å²) in [5.41, 5.74) is 2.99. The van der Waals surface area contributed by atoms with Crippen molar-refractivity contribution in [1.82, 2.24) is 24.7 Å². The highest BCUT2D eigenvalue weighted by Gasteiger charge is 2.32. The Balaban J connectivity index is 1.47. The number of carbonyl (C=O) groups excluding carboxylic acids is 1. The van der Waals surface area contributed by atoms with Crippen LogP contribution in [0.15, 0.2) is 55.1 Å². The zero-order valence-corrected chi connectivity index (χ0v) is 22.0. The maximum absolute atomic E-state index is 13.1. The van der Waals surface area contributed by atoms with Gasteiger partial charge in [0, 0.05) is 37.7 Å². The van der Waals surface area contributed by atoms with Crippen molar-refractivity contribution in [2.45, 2.75) is 18.6 Å². The Morgan fingerprint density at radius 3 is 2.47 bits per heavy atom. The Kier molecular flexibility index (Phi) is 6.81. The summed E-state index contributed by atoms with van der Waals surface area (Å²) in [6.45, 7) is 0. The summed E-state index contributed by atoms with van der Waals surface area (Å²) < 4.78 is 30.4. The minimum Gasteiger partial charge on any atom is -0.494 e. The maximum Gasteiger partial charge on any atom is 0.184 e. The first-order chi connectivity index (χ1) is 18.2. The number of methoxy groups -OCH3 is 1. The lowest BCUT2D eigenvalue weighted by Gasteiger charge is -2.17. The Morgan fingerprint density at radius 2 is 1.84 bits per heavy atom. The van der Waals surface area contributed by atoms with E-state index in [-0.39, 0.29) is 17.5 Å². The number of benzene rings is 1. The lowest BCUT2D eigenvalue weighted by Crippen LogP contribution is -2.09. The van der Waals surface area contributed by atoms with Gasteiger partial charge in [-0.15, -0.1) is 0 Å². The predicted octanol–water partition coefficient (Wildman–Crippen LogP) is 3.91. The number of anilines is 4. The molecule has 0 aliphatic heterocycles. The summed E-state index contributed by atoms with van der Waals surface area (Å²) in [6.07, 6.45) is 7.59. The lowest BCUT2D eigenvalue weighted by atomic mass is 10.1. The zero-order chi connectivity index (χ0) is 26.9. The number of nitrogens with one attached hydrogen (secondary N) is 2. The molecular weight excluding hydrogens is 506 g/mol. The number of Topliss-reactive ketones (excluding diaryl/α,β-unsaturated/α-hetero) is 1. The van der Waals surface area contributed by atoms with Gasteiger partial charge >= 0.3 is 0 Å². The van der Waals surface area contributed by atoms with Crippen LogP contribution in [0.1, 0.15) is 28.8 Å². The van der Waals surface area contributed by atoms with Crippen LogP contribution in [-0.4, -0.2) is 52.3 Å². The Labute approximate surface area is 220 Å². The fourth-order valence-electron chi connectivity index (χ4n) is 4.05. The molecule has 3 aromatic heterocycles. The SMILES string of the molecule is COc1c(Nc2cc(Nc3ccc(CS(C)(=O)=O)cn3)ncc2C(=O)C2CC2)cccc1-c1ncn(C)n1. The highest BCUT2D eigenvalue weighted by atomic mass is 32.2. The molecule has 11 nitrogen and oxygen atoms in total. The van der Waals surface area contributed by atoms with Crippen LogP contribution in [0.25, 0.3) is 11.4 Å². The largest absolute Gasteiger partial charge is 0.494 e. The minimum atomic E-state index is -3.16. The van der Waals surface area contributed by atoms with Crippen LogP contribution in [0, 0.1) is 5.92 Å². The molecule has 5 rings (SSSR count). The number of hydrogen-bond donors (Lipinski definition) is 2. The molecule has 3 heterocycles. The predicted molar refractivity (Wildman–Crippen MR) is 144 cm³/mol. The molecule has 1 aliphatic carbocycles. The molecule has 196 valence electrons. The monoisotopic (exact) mass is 533 g/mol. The minimum absolute atomic E-state index is 0.00571. The normalized spacial score (nSPS) is 13.2. The van der Waals surface area contributed by atoms with E-state index in [1.54, 1.807) is 49.6 Å². The second-order valence-corrected chi connectivity index (χ2v) is 11.4. The molecule has 0 bridgehead atoms. The summed E-state index contributed by atoms with van der Waals surface area (Å²) >= 11 is 0. The highest BCUT2D eigenvalue weighted by molar-refractivity contribution is 7.89. The van der Waals surface area contributed by atoms with Crippen molar-refractivity contribution < 1.29 is 17.9 Å². The molecule has 1 fully saturated rings. The van der Waals surface area contributed by atoms with Crippen molar-refractivity contribution in [1.29, 1.82) is 0 Å². The van der Waals surface area contributed by atoms with Crippen LogP contribution in [-0.2, 0) is 22.6 Å². The smallest absolute Gasteiger partial charge is 0.184 e. The standard InChI is InChI=1S/C26H27N7O4S/c1-33-15-29-26(32-33)18-5-4-6-20(25(18)37-2)30-21-11-23(28-13-19(21)24(34)17-8-9-17)31-22-10-7-16(12-27-22)14-38(3,35)36/h4-7,10-13,15,17H,8-9,14H2,1-3H3,(H2,27,28,30,31). The maximum atomic E-state index is 13.1. The number of rotatable bonds is 10. The number of sulfone groups is 1. The molecule has 4 aromatic rings. The fourth-order valence-corrected chi connectivity index (χ4v) is 4.82. The number of nitrogens with zero attached hydrogens (tertiary/aromatic N) is 5. The van der Waals surface area contributed by atoms with Gasteiger partial charge in [0.1, 0.15) is 18.0 Å². The van der Waals surface area contributed by atoms with Crippen LogP contribution in [0.4, 0.5) is 23.0 Å². The first-order valence-electron chi connectivity index (χ1n) is 11.9. The van der Waals surface area contributed by atoms with Crippen molar-refractivity contribution in [2.24, 2.45) is 13.0 Å². The van der Waals surface area contributed by atoms with Gasteiger partial charge in [-0.3, -0.25) is 9.48 Å². The molecule has 1 aliphatic rings. The number of ketones is 1. The number of aryl methyl sites for hydroxylation is 1. The molecule has 12 heteroatoms. The van der Waals surface area contributed by atoms with E-state index in [9.17, 15) is 13.2 Å². The second kappa shape index (κ2) is 10.2. The summed E-state index contributed by atoms with van der Waals surface area (Å²) in [5, 5.41) is 10.9. The molecule has 0 radical (unpaired) electrons. The van der Waals surface area contributed by atoms with Crippen LogP contribution in [0.3, 0.4) is 0 Å². The second-order valence-electron chi connectivity index (χ2n) is 9.25. The number of aromatic nitrogens is 5. The van der Waals surface area contributed by atoms with Crippen LogP contribution < -0.4 is 15.4 Å². The van der Waals surface area contributed by atoms with Crippen molar-refractivity contribution in [3.05, 3.63) is 66.2 Å². The molecule has 0 atom stereocenters. The van der Waals surface area contributed by atoms with Gasteiger partial charge in [0.2, 0.25) is 0 Å². The van der Waals surface area contributed by atoms with Crippen molar-refractivity contribution in [3.63, 3.8) is 0 Å². The Hall–Kier alpha value is -4.32. The average Bonchev–Trinajstić information content (AvgIpc) is 3.64. The molecule has 0 unspecified atom stereocenters. The van der Waals surface area contributed by atoms with E-state index in [1.807, 2.05) is 18.2 Å². The van der Waals surface area contributed by atoms with E-state index in [1.165, 1.54) is 12.5 Å². The molecule has 2 N–H and O–H groups in total. The lowest BCUT2D eigenvalue weighted by molar-refractivity contribution is 0.0968. The van der Waals surface area contributed by atoms with E-state index >= 15 is 0 Å². The van der Waals surface area contributed by atoms with Crippen LogP contribution >= 0.6 is 0 Å². The van der Waals surface area contributed by atoms with E-state index in [2.05, 4.69) is 30.7 Å². The summed E-state index contributed by atoms with van der Waals surface area (Å²) in [7, 11) is 0.206. The van der Waals surface area contributed by atoms with Gasteiger partial charge in [0.25, 0.3) is 0 Å². The summed E-state index contributed by atoms with van der Waals surface area (Å²) in [4.78, 5) is 26.1. The number of carbonyl (C=O) groups is 1. The van der Waals surface area contributed by atoms with E-state index in [0.29, 0.717) is 51.3 Å². The third kappa shape index (κ3) is 5.80. The fraction of sp³-hybridized carbons (Fsp3) is 0.269. The van der Waals surface area contributed by atoms with Crippen molar-refractivity contribution in [2.75, 3.05) is 24.0 Å². The van der Waals surface area contributed by atoms with E-state index in [0.717, 1.165) is 12.8 Å². The highest BCUT2D eigenvalue weighted by Crippen LogP contribution is 2.39. The molecule has 1 aromatic carbocycles. The summed E-state index contributed by atoms with van der Waals surface area (Å²) in [5.74, 6) is 1.97. The Morgan fingerprint density at radius 1 is 1.05 bits per heavy atom. The molecule has 0 saturated heterocycles. The van der Waals surface area contributed by atoms with Crippen molar-refractivity contribution in [3.8, 4) is 17.1 Å². The molecule has 0 spiro atoms. The van der Waals surface area contributed by atoms with Gasteiger partial charge in [-0.2, -0.15) is 5.10 Å².